The summed E-state index contributed by atoms with van der Waals surface area (Å²) in [7, 11) is 0. The second kappa shape index (κ2) is 10.4. The molecule has 6 heteroatoms. The normalized spacial score (nSPS) is 22.2. The van der Waals surface area contributed by atoms with Crippen LogP contribution in [0.25, 0.3) is 0 Å². The highest BCUT2D eigenvalue weighted by Crippen LogP contribution is 2.18. The minimum Gasteiger partial charge on any atom is -0.353 e. The van der Waals surface area contributed by atoms with Gasteiger partial charge < -0.3 is 15.5 Å². The Hall–Kier alpha value is -1.14. The molecule has 156 valence electrons. The summed E-state index contributed by atoms with van der Waals surface area (Å²) in [5.74, 6) is 0.850. The van der Waals surface area contributed by atoms with E-state index in [1.807, 2.05) is 0 Å². The molecule has 0 aromatic carbocycles. The number of hydrogen-bond donors (Lipinski definition) is 2. The maximum atomic E-state index is 12.4. The van der Waals surface area contributed by atoms with Gasteiger partial charge in [-0.15, -0.1) is 0 Å². The third-order valence-electron chi connectivity index (χ3n) is 6.32. The molecule has 2 rings (SSSR count). The van der Waals surface area contributed by atoms with Crippen LogP contribution in [0.4, 0.5) is 0 Å². The van der Waals surface area contributed by atoms with Crippen LogP contribution in [0.5, 0.6) is 0 Å². The molecule has 0 aliphatic carbocycles. The van der Waals surface area contributed by atoms with Crippen molar-refractivity contribution in [3.63, 3.8) is 0 Å². The number of carbonyl (C=O) groups excluding carboxylic acids is 2. The second-order valence-electron chi connectivity index (χ2n) is 9.06. The lowest BCUT2D eigenvalue weighted by Crippen LogP contribution is -2.50. The molecule has 2 fully saturated rings. The zero-order chi connectivity index (χ0) is 20.0. The Balaban J connectivity index is 1.65. The van der Waals surface area contributed by atoms with Gasteiger partial charge in [-0.3, -0.25) is 14.5 Å². The zero-order valence-corrected chi connectivity index (χ0v) is 18.0. The summed E-state index contributed by atoms with van der Waals surface area (Å²) in [5, 5.41) is 6.34. The number of amides is 2. The number of piperidine rings is 2. The Morgan fingerprint density at radius 1 is 0.926 bits per heavy atom. The van der Waals surface area contributed by atoms with Gasteiger partial charge in [0.1, 0.15) is 0 Å². The standard InChI is InChI=1S/C21H40N4O2/c1-15(2)17(5)22-21(27)18-6-10-24(11-7-18)14-20(26)23-19-8-12-25(13-9-19)16(3)4/h15-19H,6-14H2,1-5H3,(H,22,27)(H,23,26). The Labute approximate surface area is 165 Å². The van der Waals surface area contributed by atoms with Crippen LogP contribution in [0.1, 0.15) is 60.3 Å². The SMILES string of the molecule is CC(C)C(C)NC(=O)C1CCN(CC(=O)NC2CCN(C(C)C)CC2)CC1. The molecule has 0 aromatic heterocycles. The van der Waals surface area contributed by atoms with Gasteiger partial charge in [-0.05, 0) is 65.5 Å². The van der Waals surface area contributed by atoms with E-state index in [1.165, 1.54) is 0 Å². The van der Waals surface area contributed by atoms with E-state index in [-0.39, 0.29) is 23.8 Å². The molecule has 2 amide bonds. The van der Waals surface area contributed by atoms with Crippen LogP contribution in [-0.4, -0.2) is 72.5 Å². The first kappa shape index (κ1) is 22.2. The Morgan fingerprint density at radius 3 is 2.04 bits per heavy atom. The van der Waals surface area contributed by atoms with E-state index in [9.17, 15) is 9.59 Å². The topological polar surface area (TPSA) is 64.7 Å². The van der Waals surface area contributed by atoms with Crippen molar-refractivity contribution in [1.29, 1.82) is 0 Å². The highest BCUT2D eigenvalue weighted by Gasteiger charge is 2.28. The predicted octanol–water partition coefficient (Wildman–Crippen LogP) is 1.85. The smallest absolute Gasteiger partial charge is 0.234 e. The number of nitrogens with one attached hydrogen (secondary N) is 2. The van der Waals surface area contributed by atoms with Gasteiger partial charge in [-0.2, -0.15) is 0 Å². The van der Waals surface area contributed by atoms with Gasteiger partial charge in [-0.1, -0.05) is 13.8 Å². The molecule has 1 atom stereocenters. The van der Waals surface area contributed by atoms with E-state index in [0.717, 1.165) is 51.9 Å². The van der Waals surface area contributed by atoms with Crippen LogP contribution >= 0.6 is 0 Å². The van der Waals surface area contributed by atoms with Gasteiger partial charge in [0.05, 0.1) is 6.54 Å². The van der Waals surface area contributed by atoms with E-state index in [4.69, 9.17) is 0 Å². The van der Waals surface area contributed by atoms with Crippen molar-refractivity contribution in [2.45, 2.75) is 78.4 Å². The zero-order valence-electron chi connectivity index (χ0n) is 18.0. The van der Waals surface area contributed by atoms with Crippen LogP contribution < -0.4 is 10.6 Å². The van der Waals surface area contributed by atoms with Crippen molar-refractivity contribution in [2.24, 2.45) is 11.8 Å². The van der Waals surface area contributed by atoms with Gasteiger partial charge in [0.15, 0.2) is 0 Å². The molecule has 2 saturated heterocycles. The van der Waals surface area contributed by atoms with E-state index < -0.39 is 0 Å². The van der Waals surface area contributed by atoms with Crippen molar-refractivity contribution in [2.75, 3.05) is 32.7 Å². The maximum Gasteiger partial charge on any atom is 0.234 e. The number of rotatable bonds is 7. The average Bonchev–Trinajstić information content (AvgIpc) is 2.62. The van der Waals surface area contributed by atoms with Crippen molar-refractivity contribution in [3.05, 3.63) is 0 Å². The summed E-state index contributed by atoms with van der Waals surface area (Å²) in [6.45, 7) is 15.0. The third-order valence-corrected chi connectivity index (χ3v) is 6.32. The number of hydrogen-bond acceptors (Lipinski definition) is 4. The maximum absolute atomic E-state index is 12.4. The molecule has 0 saturated carbocycles. The van der Waals surface area contributed by atoms with E-state index >= 15 is 0 Å². The van der Waals surface area contributed by atoms with Gasteiger partial charge in [0.25, 0.3) is 0 Å². The highest BCUT2D eigenvalue weighted by molar-refractivity contribution is 5.79. The van der Waals surface area contributed by atoms with E-state index in [2.05, 4.69) is 55.1 Å². The van der Waals surface area contributed by atoms with Crippen molar-refractivity contribution >= 4 is 11.8 Å². The van der Waals surface area contributed by atoms with Crippen LogP contribution in [-0.2, 0) is 9.59 Å². The van der Waals surface area contributed by atoms with Gasteiger partial charge >= 0.3 is 0 Å². The fraction of sp³-hybridized carbons (Fsp3) is 0.905. The van der Waals surface area contributed by atoms with Crippen LogP contribution in [0.15, 0.2) is 0 Å². The van der Waals surface area contributed by atoms with Gasteiger partial charge in [0.2, 0.25) is 11.8 Å². The molecule has 1 unspecified atom stereocenters. The molecular weight excluding hydrogens is 340 g/mol. The molecule has 2 aliphatic heterocycles. The third kappa shape index (κ3) is 7.07. The fourth-order valence-corrected chi connectivity index (χ4v) is 3.90. The molecule has 6 nitrogen and oxygen atoms in total. The lowest BCUT2D eigenvalue weighted by atomic mass is 9.95. The molecule has 0 aromatic rings. The number of likely N-dealkylation sites (tertiary alicyclic amines) is 2. The fourth-order valence-electron chi connectivity index (χ4n) is 3.90. The summed E-state index contributed by atoms with van der Waals surface area (Å²) in [4.78, 5) is 29.4. The molecular formula is C21H40N4O2. The van der Waals surface area contributed by atoms with Crippen LogP contribution in [0.3, 0.4) is 0 Å². The van der Waals surface area contributed by atoms with Crippen LogP contribution in [0, 0.1) is 11.8 Å². The summed E-state index contributed by atoms with van der Waals surface area (Å²) in [6, 6.07) is 1.11. The molecule has 27 heavy (non-hydrogen) atoms. The monoisotopic (exact) mass is 380 g/mol. The predicted molar refractivity (Wildman–Crippen MR) is 109 cm³/mol. The summed E-state index contributed by atoms with van der Waals surface area (Å²) in [6.07, 6.45) is 3.77. The first-order valence-corrected chi connectivity index (χ1v) is 10.8. The van der Waals surface area contributed by atoms with Gasteiger partial charge in [0, 0.05) is 37.1 Å². The summed E-state index contributed by atoms with van der Waals surface area (Å²) < 4.78 is 0. The van der Waals surface area contributed by atoms with Crippen molar-refractivity contribution in [1.82, 2.24) is 20.4 Å². The van der Waals surface area contributed by atoms with E-state index in [1.54, 1.807) is 0 Å². The second-order valence-corrected chi connectivity index (χ2v) is 9.06. The molecule has 2 aliphatic rings. The lowest BCUT2D eigenvalue weighted by molar-refractivity contribution is -0.127. The largest absolute Gasteiger partial charge is 0.353 e. The average molecular weight is 381 g/mol. The Morgan fingerprint density at radius 2 is 1.52 bits per heavy atom. The number of nitrogens with zero attached hydrogens (tertiary/aromatic N) is 2. The number of carbonyl (C=O) groups is 2. The Kier molecular flexibility index (Phi) is 8.55. The highest BCUT2D eigenvalue weighted by atomic mass is 16.2. The first-order valence-electron chi connectivity index (χ1n) is 10.8. The summed E-state index contributed by atoms with van der Waals surface area (Å²) in [5.41, 5.74) is 0. The first-order chi connectivity index (χ1) is 12.8. The molecule has 0 spiro atoms. The van der Waals surface area contributed by atoms with Crippen molar-refractivity contribution in [3.8, 4) is 0 Å². The molecule has 0 radical (unpaired) electrons. The van der Waals surface area contributed by atoms with E-state index in [0.29, 0.717) is 24.5 Å². The van der Waals surface area contributed by atoms with Crippen LogP contribution in [0.2, 0.25) is 0 Å². The quantitative estimate of drug-likeness (QED) is 0.707. The Bertz CT molecular complexity index is 479. The minimum absolute atomic E-state index is 0.0888. The minimum atomic E-state index is 0.0888. The van der Waals surface area contributed by atoms with Crippen molar-refractivity contribution < 1.29 is 9.59 Å². The van der Waals surface area contributed by atoms with Gasteiger partial charge in [-0.25, -0.2) is 0 Å². The summed E-state index contributed by atoms with van der Waals surface area (Å²) >= 11 is 0. The molecule has 2 N–H and O–H groups in total. The molecule has 2 heterocycles. The molecule has 0 bridgehead atoms. The lowest BCUT2D eigenvalue weighted by Gasteiger charge is -2.35.